The van der Waals surface area contributed by atoms with Crippen molar-refractivity contribution in [2.24, 2.45) is 4.99 Å². The Morgan fingerprint density at radius 1 is 1.33 bits per heavy atom. The lowest BCUT2D eigenvalue weighted by molar-refractivity contribution is 0.112. The van der Waals surface area contributed by atoms with E-state index in [2.05, 4.69) is 4.99 Å². The van der Waals surface area contributed by atoms with Crippen LogP contribution in [0.4, 0.5) is 5.69 Å². The number of nitrogens with zero attached hydrogens (tertiary/aromatic N) is 1. The Hall–Kier alpha value is -2.07. The maximum absolute atomic E-state index is 10.6. The summed E-state index contributed by atoms with van der Waals surface area (Å²) in [6.45, 7) is 0. The highest BCUT2D eigenvalue weighted by atomic mass is 35.5. The summed E-state index contributed by atoms with van der Waals surface area (Å²) >= 11 is 5.87. The molecule has 2 aromatic rings. The van der Waals surface area contributed by atoms with E-state index in [1.165, 1.54) is 12.3 Å². The molecule has 0 aliphatic rings. The number of methoxy groups -OCH3 is 1. The highest BCUT2D eigenvalue weighted by Gasteiger charge is 1.99. The SMILES string of the molecule is COc1ccc(N=c2cc(Cl)c(C=O)co2)cc1. The number of hydrogen-bond donors (Lipinski definition) is 0. The largest absolute Gasteiger partial charge is 0.497 e. The van der Waals surface area contributed by atoms with Gasteiger partial charge in [0, 0.05) is 6.07 Å². The Morgan fingerprint density at radius 2 is 2.06 bits per heavy atom. The number of carbonyl (C=O) groups excluding carboxylic acids is 1. The van der Waals surface area contributed by atoms with Crippen molar-refractivity contribution in [3.63, 3.8) is 0 Å². The van der Waals surface area contributed by atoms with Crippen LogP contribution in [0.25, 0.3) is 0 Å². The minimum atomic E-state index is 0.297. The maximum Gasteiger partial charge on any atom is 0.220 e. The first kappa shape index (κ1) is 12.4. The number of rotatable bonds is 3. The van der Waals surface area contributed by atoms with Gasteiger partial charge in [-0.15, -0.1) is 0 Å². The van der Waals surface area contributed by atoms with E-state index in [1.807, 2.05) is 0 Å². The number of ether oxygens (including phenoxy) is 1. The average Bonchev–Trinajstić information content (AvgIpc) is 2.40. The highest BCUT2D eigenvalue weighted by molar-refractivity contribution is 6.32. The quantitative estimate of drug-likeness (QED) is 0.800. The molecule has 18 heavy (non-hydrogen) atoms. The van der Waals surface area contributed by atoms with Gasteiger partial charge < -0.3 is 9.15 Å². The van der Waals surface area contributed by atoms with Crippen LogP contribution in [0.1, 0.15) is 10.4 Å². The number of carbonyl (C=O) groups is 1. The molecule has 1 heterocycles. The molecule has 0 radical (unpaired) electrons. The van der Waals surface area contributed by atoms with Crippen LogP contribution in [0.15, 0.2) is 46.0 Å². The zero-order valence-electron chi connectivity index (χ0n) is 9.59. The molecule has 0 bridgehead atoms. The average molecular weight is 264 g/mol. The fourth-order valence-corrected chi connectivity index (χ4v) is 1.52. The third-order valence-corrected chi connectivity index (χ3v) is 2.60. The summed E-state index contributed by atoms with van der Waals surface area (Å²) < 4.78 is 10.2. The van der Waals surface area contributed by atoms with Gasteiger partial charge in [-0.25, -0.2) is 4.99 Å². The summed E-state index contributed by atoms with van der Waals surface area (Å²) in [5.74, 6) is 0.750. The fraction of sp³-hybridized carbons (Fsp3) is 0.0769. The topological polar surface area (TPSA) is 51.8 Å². The van der Waals surface area contributed by atoms with E-state index in [1.54, 1.807) is 31.4 Å². The van der Waals surface area contributed by atoms with Crippen LogP contribution in [-0.4, -0.2) is 13.4 Å². The van der Waals surface area contributed by atoms with Crippen molar-refractivity contribution in [2.75, 3.05) is 7.11 Å². The molecule has 0 unspecified atom stereocenters. The van der Waals surface area contributed by atoms with E-state index in [-0.39, 0.29) is 0 Å². The zero-order valence-corrected chi connectivity index (χ0v) is 10.3. The molecule has 1 aromatic carbocycles. The van der Waals surface area contributed by atoms with Gasteiger partial charge in [-0.2, -0.15) is 0 Å². The summed E-state index contributed by atoms with van der Waals surface area (Å²) in [5, 5.41) is 0.309. The normalized spacial score (nSPS) is 11.3. The van der Waals surface area contributed by atoms with Gasteiger partial charge in [0.25, 0.3) is 0 Å². The minimum absolute atomic E-state index is 0.297. The van der Waals surface area contributed by atoms with E-state index in [0.29, 0.717) is 28.1 Å². The molecule has 4 nitrogen and oxygen atoms in total. The Labute approximate surface area is 108 Å². The number of benzene rings is 1. The Balaban J connectivity index is 2.37. The first-order valence-corrected chi connectivity index (χ1v) is 5.53. The van der Waals surface area contributed by atoms with Crippen molar-refractivity contribution >= 4 is 23.6 Å². The van der Waals surface area contributed by atoms with Gasteiger partial charge in [-0.3, -0.25) is 4.79 Å². The maximum atomic E-state index is 10.6. The van der Waals surface area contributed by atoms with Crippen LogP contribution in [-0.2, 0) is 0 Å². The molecule has 2 rings (SSSR count). The molecule has 92 valence electrons. The van der Waals surface area contributed by atoms with E-state index in [9.17, 15) is 4.79 Å². The second-order valence-electron chi connectivity index (χ2n) is 3.45. The van der Waals surface area contributed by atoms with Crippen molar-refractivity contribution in [3.8, 4) is 5.75 Å². The molecule has 1 aromatic heterocycles. The van der Waals surface area contributed by atoms with Crippen LogP contribution < -0.4 is 10.3 Å². The van der Waals surface area contributed by atoms with Crippen LogP contribution in [0, 0.1) is 0 Å². The molecule has 0 saturated heterocycles. The van der Waals surface area contributed by atoms with Crippen molar-refractivity contribution in [3.05, 3.63) is 52.7 Å². The highest BCUT2D eigenvalue weighted by Crippen LogP contribution is 2.17. The number of aldehydes is 1. The Bertz CT molecular complexity index is 617. The smallest absolute Gasteiger partial charge is 0.220 e. The molecular formula is C13H10ClNO3. The lowest BCUT2D eigenvalue weighted by Gasteiger charge is -1.99. The zero-order chi connectivity index (χ0) is 13.0. The van der Waals surface area contributed by atoms with E-state index in [0.717, 1.165) is 5.75 Å². The summed E-state index contributed by atoms with van der Waals surface area (Å²) in [6.07, 6.45) is 1.90. The van der Waals surface area contributed by atoms with E-state index in [4.69, 9.17) is 20.8 Å². The van der Waals surface area contributed by atoms with Crippen LogP contribution in [0.5, 0.6) is 5.75 Å². The fourth-order valence-electron chi connectivity index (χ4n) is 1.33. The first-order valence-electron chi connectivity index (χ1n) is 5.15. The summed E-state index contributed by atoms with van der Waals surface area (Å²) in [7, 11) is 1.60. The Kier molecular flexibility index (Phi) is 3.79. The predicted molar refractivity (Wildman–Crippen MR) is 67.3 cm³/mol. The Morgan fingerprint density at radius 3 is 2.61 bits per heavy atom. The van der Waals surface area contributed by atoms with Gasteiger partial charge in [0.05, 0.1) is 23.4 Å². The molecule has 0 atom stereocenters. The molecular weight excluding hydrogens is 254 g/mol. The van der Waals surface area contributed by atoms with Crippen molar-refractivity contribution in [2.45, 2.75) is 0 Å². The van der Waals surface area contributed by atoms with Crippen LogP contribution in [0.3, 0.4) is 0 Å². The van der Waals surface area contributed by atoms with Gasteiger partial charge in [0.1, 0.15) is 12.0 Å². The van der Waals surface area contributed by atoms with Gasteiger partial charge in [-0.05, 0) is 24.3 Å². The van der Waals surface area contributed by atoms with Crippen LogP contribution in [0.2, 0.25) is 5.02 Å². The van der Waals surface area contributed by atoms with Gasteiger partial charge in [-0.1, -0.05) is 11.6 Å². The summed E-state index contributed by atoms with van der Waals surface area (Å²) in [4.78, 5) is 14.8. The predicted octanol–water partition coefficient (Wildman–Crippen LogP) is 2.99. The third-order valence-electron chi connectivity index (χ3n) is 2.27. The molecule has 0 N–H and O–H groups in total. The summed E-state index contributed by atoms with van der Waals surface area (Å²) in [5.41, 5.74) is 1.33. The molecule has 0 aliphatic heterocycles. The number of halogens is 1. The van der Waals surface area contributed by atoms with Gasteiger partial charge in [0.15, 0.2) is 6.29 Å². The van der Waals surface area contributed by atoms with Crippen LogP contribution >= 0.6 is 11.6 Å². The van der Waals surface area contributed by atoms with Gasteiger partial charge in [0.2, 0.25) is 5.55 Å². The van der Waals surface area contributed by atoms with Crippen molar-refractivity contribution in [1.82, 2.24) is 0 Å². The standard InChI is InChI=1S/C13H10ClNO3/c1-17-11-4-2-10(3-5-11)15-13-6-12(14)9(7-16)8-18-13/h2-8H,1H3. The monoisotopic (exact) mass is 263 g/mol. The number of hydrogen-bond acceptors (Lipinski definition) is 4. The lowest BCUT2D eigenvalue weighted by atomic mass is 10.3. The molecule has 0 amide bonds. The van der Waals surface area contributed by atoms with E-state index < -0.39 is 0 Å². The lowest BCUT2D eigenvalue weighted by Crippen LogP contribution is -2.00. The first-order chi connectivity index (χ1) is 8.72. The molecule has 0 saturated carbocycles. The van der Waals surface area contributed by atoms with Crippen molar-refractivity contribution in [1.29, 1.82) is 0 Å². The minimum Gasteiger partial charge on any atom is -0.497 e. The second-order valence-corrected chi connectivity index (χ2v) is 3.86. The van der Waals surface area contributed by atoms with Crippen molar-refractivity contribution < 1.29 is 13.9 Å². The molecule has 0 aliphatic carbocycles. The third kappa shape index (κ3) is 2.78. The molecule has 0 spiro atoms. The van der Waals surface area contributed by atoms with E-state index >= 15 is 0 Å². The van der Waals surface area contributed by atoms with Gasteiger partial charge >= 0.3 is 0 Å². The summed E-state index contributed by atoms with van der Waals surface area (Å²) in [6, 6.07) is 8.65. The second kappa shape index (κ2) is 5.51. The molecule has 5 heteroatoms. The molecule has 0 fully saturated rings.